The first-order chi connectivity index (χ1) is 9.84. The quantitative estimate of drug-likeness (QED) is 0.879. The van der Waals surface area contributed by atoms with E-state index in [2.05, 4.69) is 15.7 Å². The van der Waals surface area contributed by atoms with Gasteiger partial charge in [-0.05, 0) is 37.1 Å². The summed E-state index contributed by atoms with van der Waals surface area (Å²) in [5.74, 6) is 0.0813. The molecule has 0 bridgehead atoms. The lowest BCUT2D eigenvalue weighted by Crippen LogP contribution is -2.40. The number of amides is 1. The van der Waals surface area contributed by atoms with E-state index in [1.54, 1.807) is 6.20 Å². The lowest BCUT2D eigenvalue weighted by atomic mass is 10.1. The fraction of sp³-hybridized carbons (Fsp3) is 0.333. The Balaban J connectivity index is 1.70. The second-order valence-electron chi connectivity index (χ2n) is 4.95. The Kier molecular flexibility index (Phi) is 3.78. The summed E-state index contributed by atoms with van der Waals surface area (Å²) in [5, 5.41) is 10.4. The number of hydrogen-bond donors (Lipinski definition) is 2. The van der Waals surface area contributed by atoms with E-state index in [0.29, 0.717) is 6.54 Å². The molecule has 2 heterocycles. The predicted octanol–water partition coefficient (Wildman–Crippen LogP) is 1.24. The Morgan fingerprint density at radius 3 is 3.05 bits per heavy atom. The average molecular weight is 270 g/mol. The highest BCUT2D eigenvalue weighted by atomic mass is 16.2. The van der Waals surface area contributed by atoms with Gasteiger partial charge in [-0.25, -0.2) is 4.68 Å². The van der Waals surface area contributed by atoms with Crippen LogP contribution in [0.1, 0.15) is 18.4 Å². The normalized spacial score (nSPS) is 18.1. The van der Waals surface area contributed by atoms with E-state index < -0.39 is 0 Å². The van der Waals surface area contributed by atoms with Gasteiger partial charge in [-0.3, -0.25) is 4.79 Å². The smallest absolute Gasteiger partial charge is 0.237 e. The van der Waals surface area contributed by atoms with Gasteiger partial charge in [0.25, 0.3) is 0 Å². The van der Waals surface area contributed by atoms with Gasteiger partial charge in [0.15, 0.2) is 0 Å². The van der Waals surface area contributed by atoms with Crippen LogP contribution in [-0.2, 0) is 11.3 Å². The third kappa shape index (κ3) is 2.72. The van der Waals surface area contributed by atoms with Crippen molar-refractivity contribution < 1.29 is 4.79 Å². The summed E-state index contributed by atoms with van der Waals surface area (Å²) >= 11 is 0. The van der Waals surface area contributed by atoms with Gasteiger partial charge < -0.3 is 10.6 Å². The molecule has 1 atom stereocenters. The Morgan fingerprint density at radius 1 is 1.40 bits per heavy atom. The first-order valence-corrected chi connectivity index (χ1v) is 6.93. The number of aromatic nitrogens is 2. The number of benzene rings is 1. The van der Waals surface area contributed by atoms with Crippen molar-refractivity contribution >= 4 is 5.91 Å². The number of carbonyl (C=O) groups is 1. The van der Waals surface area contributed by atoms with E-state index in [1.807, 2.05) is 41.2 Å². The number of nitrogens with one attached hydrogen (secondary N) is 2. The van der Waals surface area contributed by atoms with Gasteiger partial charge in [0, 0.05) is 18.9 Å². The molecule has 0 radical (unpaired) electrons. The summed E-state index contributed by atoms with van der Waals surface area (Å²) in [6, 6.07) is 9.81. The number of hydrogen-bond acceptors (Lipinski definition) is 3. The molecule has 1 amide bonds. The number of carbonyl (C=O) groups excluding carboxylic acids is 1. The molecule has 5 nitrogen and oxygen atoms in total. The highest BCUT2D eigenvalue weighted by Gasteiger charge is 2.21. The van der Waals surface area contributed by atoms with Crippen molar-refractivity contribution in [2.45, 2.75) is 25.4 Å². The predicted molar refractivity (Wildman–Crippen MR) is 76.4 cm³/mol. The van der Waals surface area contributed by atoms with Crippen molar-refractivity contribution in [1.29, 1.82) is 0 Å². The summed E-state index contributed by atoms with van der Waals surface area (Å²) in [7, 11) is 0. The fourth-order valence-corrected chi connectivity index (χ4v) is 2.51. The van der Waals surface area contributed by atoms with Gasteiger partial charge in [-0.1, -0.05) is 18.2 Å². The standard InChI is InChI=1S/C15H18N4O/c20-15(13-6-3-8-16-13)17-11-12-5-1-2-7-14(12)19-10-4-9-18-19/h1-2,4-5,7,9-10,13,16H,3,6,8,11H2,(H,17,20). The number of para-hydroxylation sites is 1. The van der Waals surface area contributed by atoms with E-state index in [9.17, 15) is 4.79 Å². The second-order valence-corrected chi connectivity index (χ2v) is 4.95. The van der Waals surface area contributed by atoms with Crippen molar-refractivity contribution in [2.75, 3.05) is 6.54 Å². The molecule has 3 rings (SSSR count). The van der Waals surface area contributed by atoms with E-state index >= 15 is 0 Å². The van der Waals surface area contributed by atoms with Crippen LogP contribution in [0.3, 0.4) is 0 Å². The molecule has 1 aliphatic rings. The lowest BCUT2D eigenvalue weighted by Gasteiger charge is -2.13. The maximum absolute atomic E-state index is 12.0. The van der Waals surface area contributed by atoms with Gasteiger partial charge in [0.2, 0.25) is 5.91 Å². The summed E-state index contributed by atoms with van der Waals surface area (Å²) in [6.45, 7) is 1.45. The van der Waals surface area contributed by atoms with Gasteiger partial charge >= 0.3 is 0 Å². The maximum atomic E-state index is 12.0. The minimum absolute atomic E-state index is 0.0353. The second kappa shape index (κ2) is 5.88. The van der Waals surface area contributed by atoms with Crippen molar-refractivity contribution in [1.82, 2.24) is 20.4 Å². The van der Waals surface area contributed by atoms with Crippen LogP contribution in [0.5, 0.6) is 0 Å². The molecule has 1 aromatic heterocycles. The van der Waals surface area contributed by atoms with Crippen molar-refractivity contribution in [2.24, 2.45) is 0 Å². The summed E-state index contributed by atoms with van der Waals surface area (Å²) < 4.78 is 1.81. The molecule has 0 spiro atoms. The summed E-state index contributed by atoms with van der Waals surface area (Å²) in [4.78, 5) is 12.0. The Labute approximate surface area is 118 Å². The molecule has 0 aliphatic carbocycles. The molecule has 1 unspecified atom stereocenters. The first kappa shape index (κ1) is 12.9. The third-order valence-corrected chi connectivity index (χ3v) is 3.57. The Bertz CT molecular complexity index is 573. The molecular formula is C15H18N4O. The van der Waals surface area contributed by atoms with Gasteiger partial charge in [-0.2, -0.15) is 5.10 Å². The lowest BCUT2D eigenvalue weighted by molar-refractivity contribution is -0.122. The molecule has 0 saturated carbocycles. The SMILES string of the molecule is O=C(NCc1ccccc1-n1cccn1)C1CCCN1. The van der Waals surface area contributed by atoms with Crippen LogP contribution in [-0.4, -0.2) is 28.3 Å². The minimum Gasteiger partial charge on any atom is -0.351 e. The van der Waals surface area contributed by atoms with Crippen LogP contribution < -0.4 is 10.6 Å². The molecular weight excluding hydrogens is 252 g/mol. The van der Waals surface area contributed by atoms with Gasteiger partial charge in [0.1, 0.15) is 0 Å². The third-order valence-electron chi connectivity index (χ3n) is 3.57. The van der Waals surface area contributed by atoms with E-state index in [4.69, 9.17) is 0 Å². The maximum Gasteiger partial charge on any atom is 0.237 e. The van der Waals surface area contributed by atoms with Gasteiger partial charge in [0.05, 0.1) is 11.7 Å². The van der Waals surface area contributed by atoms with E-state index in [0.717, 1.165) is 30.6 Å². The van der Waals surface area contributed by atoms with Crippen molar-refractivity contribution in [3.63, 3.8) is 0 Å². The van der Waals surface area contributed by atoms with Crippen LogP contribution in [0.25, 0.3) is 5.69 Å². The van der Waals surface area contributed by atoms with Crippen molar-refractivity contribution in [3.8, 4) is 5.69 Å². The zero-order chi connectivity index (χ0) is 13.8. The molecule has 2 N–H and O–H groups in total. The molecule has 2 aromatic rings. The minimum atomic E-state index is -0.0353. The Hall–Kier alpha value is -2.14. The summed E-state index contributed by atoms with van der Waals surface area (Å²) in [6.07, 6.45) is 5.64. The number of rotatable bonds is 4. The zero-order valence-corrected chi connectivity index (χ0v) is 11.2. The molecule has 1 saturated heterocycles. The Morgan fingerprint density at radius 2 is 2.30 bits per heavy atom. The number of nitrogens with zero attached hydrogens (tertiary/aromatic N) is 2. The fourth-order valence-electron chi connectivity index (χ4n) is 2.51. The molecule has 5 heteroatoms. The van der Waals surface area contributed by atoms with E-state index in [1.165, 1.54) is 0 Å². The molecule has 20 heavy (non-hydrogen) atoms. The highest BCUT2D eigenvalue weighted by Crippen LogP contribution is 2.13. The van der Waals surface area contributed by atoms with Crippen molar-refractivity contribution in [3.05, 3.63) is 48.3 Å². The molecule has 1 aromatic carbocycles. The van der Waals surface area contributed by atoms with Crippen LogP contribution in [0, 0.1) is 0 Å². The topological polar surface area (TPSA) is 59.0 Å². The van der Waals surface area contributed by atoms with E-state index in [-0.39, 0.29) is 11.9 Å². The van der Waals surface area contributed by atoms with Crippen LogP contribution in [0.4, 0.5) is 0 Å². The highest BCUT2D eigenvalue weighted by molar-refractivity contribution is 5.82. The van der Waals surface area contributed by atoms with Crippen LogP contribution in [0.2, 0.25) is 0 Å². The molecule has 104 valence electrons. The van der Waals surface area contributed by atoms with Crippen LogP contribution >= 0.6 is 0 Å². The van der Waals surface area contributed by atoms with Crippen LogP contribution in [0.15, 0.2) is 42.7 Å². The monoisotopic (exact) mass is 270 g/mol. The van der Waals surface area contributed by atoms with Gasteiger partial charge in [-0.15, -0.1) is 0 Å². The largest absolute Gasteiger partial charge is 0.351 e. The first-order valence-electron chi connectivity index (χ1n) is 6.93. The molecule has 1 aliphatic heterocycles. The average Bonchev–Trinajstić information content (AvgIpc) is 3.17. The molecule has 1 fully saturated rings. The zero-order valence-electron chi connectivity index (χ0n) is 11.2. The summed E-state index contributed by atoms with van der Waals surface area (Å²) in [5.41, 5.74) is 2.06.